The van der Waals surface area contributed by atoms with E-state index in [9.17, 15) is 0 Å². The van der Waals surface area contributed by atoms with Gasteiger partial charge in [-0.1, -0.05) is 20.8 Å². The second-order valence-corrected chi connectivity index (χ2v) is 4.77. The van der Waals surface area contributed by atoms with E-state index in [0.717, 1.165) is 6.42 Å². The van der Waals surface area contributed by atoms with E-state index in [0.29, 0.717) is 0 Å². The SMILES string of the molecule is CC(CO)(CO)CO.CCC(C)(CO)CO. The summed E-state index contributed by atoms with van der Waals surface area (Å²) in [5.41, 5.74) is -0.972. The molecule has 0 atom stereocenters. The highest BCUT2D eigenvalue weighted by atomic mass is 16.3. The molecule has 0 spiro atoms. The van der Waals surface area contributed by atoms with Crippen LogP contribution in [0.5, 0.6) is 0 Å². The van der Waals surface area contributed by atoms with Crippen LogP contribution in [-0.4, -0.2) is 58.6 Å². The highest BCUT2D eigenvalue weighted by Crippen LogP contribution is 2.17. The Hall–Kier alpha value is -0.200. The second kappa shape index (κ2) is 8.90. The molecule has 0 amide bonds. The highest BCUT2D eigenvalue weighted by molar-refractivity contribution is 4.69. The van der Waals surface area contributed by atoms with E-state index in [1.807, 2.05) is 13.8 Å². The Balaban J connectivity index is 0. The van der Waals surface area contributed by atoms with Gasteiger partial charge in [0, 0.05) is 10.8 Å². The lowest BCUT2D eigenvalue weighted by atomic mass is 9.90. The smallest absolute Gasteiger partial charge is 0.0528 e. The molecule has 0 aromatic rings. The van der Waals surface area contributed by atoms with Crippen molar-refractivity contribution >= 4 is 0 Å². The molecule has 0 radical (unpaired) electrons. The molecule has 0 aliphatic heterocycles. The van der Waals surface area contributed by atoms with Crippen molar-refractivity contribution in [1.29, 1.82) is 0 Å². The molecular weight excluding hydrogens is 212 g/mol. The monoisotopic (exact) mass is 238 g/mol. The van der Waals surface area contributed by atoms with Crippen molar-refractivity contribution in [3.63, 3.8) is 0 Å². The summed E-state index contributed by atoms with van der Waals surface area (Å²) in [4.78, 5) is 0. The van der Waals surface area contributed by atoms with Crippen LogP contribution in [0.2, 0.25) is 0 Å². The Labute approximate surface area is 97.4 Å². The number of aliphatic hydroxyl groups is 5. The summed E-state index contributed by atoms with van der Waals surface area (Å²) in [5.74, 6) is 0. The average molecular weight is 238 g/mol. The van der Waals surface area contributed by atoms with E-state index in [1.165, 1.54) is 0 Å². The first-order valence-corrected chi connectivity index (χ1v) is 5.41. The van der Waals surface area contributed by atoms with Gasteiger partial charge in [-0.2, -0.15) is 0 Å². The summed E-state index contributed by atoms with van der Waals surface area (Å²) in [6.07, 6.45) is 0.819. The van der Waals surface area contributed by atoms with Gasteiger partial charge in [0.25, 0.3) is 0 Å². The molecule has 0 aromatic carbocycles. The maximum Gasteiger partial charge on any atom is 0.0528 e. The van der Waals surface area contributed by atoms with Crippen LogP contribution in [0.1, 0.15) is 27.2 Å². The van der Waals surface area contributed by atoms with Gasteiger partial charge in [-0.15, -0.1) is 0 Å². The summed E-state index contributed by atoms with van der Waals surface area (Å²) in [7, 11) is 0. The molecular formula is C11H26O5. The summed E-state index contributed by atoms with van der Waals surface area (Å²) < 4.78 is 0. The number of hydrogen-bond acceptors (Lipinski definition) is 5. The first kappa shape index (κ1) is 18.2. The van der Waals surface area contributed by atoms with Crippen LogP contribution >= 0.6 is 0 Å². The molecule has 0 rings (SSSR count). The van der Waals surface area contributed by atoms with Crippen LogP contribution in [0.4, 0.5) is 0 Å². The molecule has 0 aliphatic rings. The number of aliphatic hydroxyl groups excluding tert-OH is 5. The van der Waals surface area contributed by atoms with Gasteiger partial charge < -0.3 is 25.5 Å². The van der Waals surface area contributed by atoms with Crippen molar-refractivity contribution in [3.05, 3.63) is 0 Å². The van der Waals surface area contributed by atoms with Gasteiger partial charge in [-0.25, -0.2) is 0 Å². The Morgan fingerprint density at radius 3 is 0.875 bits per heavy atom. The van der Waals surface area contributed by atoms with Gasteiger partial charge >= 0.3 is 0 Å². The topological polar surface area (TPSA) is 101 Å². The van der Waals surface area contributed by atoms with Gasteiger partial charge in [-0.3, -0.25) is 0 Å². The number of rotatable bonds is 6. The van der Waals surface area contributed by atoms with Crippen LogP contribution in [0.25, 0.3) is 0 Å². The Morgan fingerprint density at radius 2 is 0.875 bits per heavy atom. The van der Waals surface area contributed by atoms with Crippen LogP contribution in [-0.2, 0) is 0 Å². The van der Waals surface area contributed by atoms with Crippen molar-refractivity contribution in [1.82, 2.24) is 0 Å². The van der Waals surface area contributed by atoms with E-state index >= 15 is 0 Å². The minimum Gasteiger partial charge on any atom is -0.396 e. The van der Waals surface area contributed by atoms with Crippen LogP contribution < -0.4 is 0 Å². The number of hydrogen-bond donors (Lipinski definition) is 5. The molecule has 100 valence electrons. The fraction of sp³-hybridized carbons (Fsp3) is 1.00. The molecule has 0 saturated heterocycles. The molecule has 0 bridgehead atoms. The fourth-order valence-electron chi connectivity index (χ4n) is 0.424. The predicted molar refractivity (Wildman–Crippen MR) is 61.9 cm³/mol. The lowest BCUT2D eigenvalue weighted by molar-refractivity contribution is 0.0200. The largest absolute Gasteiger partial charge is 0.396 e. The van der Waals surface area contributed by atoms with Crippen molar-refractivity contribution in [3.8, 4) is 0 Å². The summed E-state index contributed by atoms with van der Waals surface area (Å²) >= 11 is 0. The van der Waals surface area contributed by atoms with E-state index in [-0.39, 0.29) is 38.4 Å². The maximum atomic E-state index is 8.63. The molecule has 0 heterocycles. The normalized spacial score (nSPS) is 12.0. The molecule has 0 fully saturated rings. The molecule has 5 N–H and O–H groups in total. The third kappa shape index (κ3) is 7.14. The molecule has 0 unspecified atom stereocenters. The Morgan fingerprint density at radius 1 is 0.625 bits per heavy atom. The first-order valence-electron chi connectivity index (χ1n) is 5.41. The van der Waals surface area contributed by atoms with Crippen LogP contribution in [0.3, 0.4) is 0 Å². The van der Waals surface area contributed by atoms with E-state index < -0.39 is 5.41 Å². The van der Waals surface area contributed by atoms with Crippen LogP contribution in [0.15, 0.2) is 0 Å². The van der Waals surface area contributed by atoms with Crippen molar-refractivity contribution in [2.24, 2.45) is 10.8 Å². The van der Waals surface area contributed by atoms with Crippen LogP contribution in [0, 0.1) is 10.8 Å². The van der Waals surface area contributed by atoms with Crippen molar-refractivity contribution in [2.75, 3.05) is 33.0 Å². The standard InChI is InChI=1S/C6H14O2.C5H12O3/c1-3-6(2,4-7)5-8;1-5(2-6,3-7)4-8/h7-8H,3-5H2,1-2H3;6-8H,2-4H2,1H3. The summed E-state index contributed by atoms with van der Waals surface area (Å²) in [6, 6.07) is 0. The van der Waals surface area contributed by atoms with Gasteiger partial charge in [-0.05, 0) is 6.42 Å². The Kier molecular flexibility index (Phi) is 10.1. The maximum absolute atomic E-state index is 8.63. The van der Waals surface area contributed by atoms with Gasteiger partial charge in [0.2, 0.25) is 0 Å². The quantitative estimate of drug-likeness (QED) is 0.423. The van der Waals surface area contributed by atoms with E-state index in [2.05, 4.69) is 0 Å². The lowest BCUT2D eigenvalue weighted by Crippen LogP contribution is -2.29. The minimum absolute atomic E-state index is 0.0694. The van der Waals surface area contributed by atoms with Crippen molar-refractivity contribution in [2.45, 2.75) is 27.2 Å². The van der Waals surface area contributed by atoms with E-state index in [1.54, 1.807) is 6.92 Å². The average Bonchev–Trinajstić information content (AvgIpc) is 2.37. The van der Waals surface area contributed by atoms with Gasteiger partial charge in [0.1, 0.15) is 0 Å². The van der Waals surface area contributed by atoms with Gasteiger partial charge in [0.05, 0.1) is 33.0 Å². The molecule has 0 saturated carbocycles. The second-order valence-electron chi connectivity index (χ2n) is 4.77. The summed E-state index contributed by atoms with van der Waals surface area (Å²) in [5, 5.41) is 42.6. The zero-order chi connectivity index (χ0) is 13.2. The molecule has 16 heavy (non-hydrogen) atoms. The molecule has 5 nitrogen and oxygen atoms in total. The fourth-order valence-corrected chi connectivity index (χ4v) is 0.424. The van der Waals surface area contributed by atoms with Crippen molar-refractivity contribution < 1.29 is 25.5 Å². The third-order valence-electron chi connectivity index (χ3n) is 2.76. The molecule has 5 heteroatoms. The van der Waals surface area contributed by atoms with Gasteiger partial charge in [0.15, 0.2) is 0 Å². The first-order chi connectivity index (χ1) is 7.36. The predicted octanol–water partition coefficient (Wildman–Crippen LogP) is -0.643. The lowest BCUT2D eigenvalue weighted by Gasteiger charge is -2.21. The zero-order valence-corrected chi connectivity index (χ0v) is 10.5. The van der Waals surface area contributed by atoms with E-state index in [4.69, 9.17) is 25.5 Å². The highest BCUT2D eigenvalue weighted by Gasteiger charge is 2.20. The zero-order valence-electron chi connectivity index (χ0n) is 10.5. The third-order valence-corrected chi connectivity index (χ3v) is 2.76. The minimum atomic E-state index is -0.708. The summed E-state index contributed by atoms with van der Waals surface area (Å²) in [6.45, 7) is 5.01. The molecule has 0 aliphatic carbocycles. The Bertz CT molecular complexity index is 118. The molecule has 0 aromatic heterocycles.